The minimum atomic E-state index is -4.90. The smallest absolute Gasteiger partial charge is 0.492 e. The Morgan fingerprint density at radius 3 is 2.09 bits per heavy atom. The maximum atomic E-state index is 12.3. The van der Waals surface area contributed by atoms with E-state index < -0.39 is 22.1 Å². The lowest BCUT2D eigenvalue weighted by Crippen LogP contribution is -2.28. The average molecular weight is 474 g/mol. The van der Waals surface area contributed by atoms with Crippen LogP contribution in [0.15, 0.2) is 53.4 Å². The molecule has 0 saturated carbocycles. The van der Waals surface area contributed by atoms with Gasteiger partial charge in [0.05, 0.1) is 4.90 Å². The molecule has 2 aromatic rings. The van der Waals surface area contributed by atoms with Crippen molar-refractivity contribution in [2.75, 3.05) is 13.2 Å². The van der Waals surface area contributed by atoms with Crippen molar-refractivity contribution >= 4 is 10.0 Å². The zero-order chi connectivity index (χ0) is 24.2. The number of benzene rings is 2. The third-order valence-electron chi connectivity index (χ3n) is 4.62. The number of halogens is 3. The van der Waals surface area contributed by atoms with Gasteiger partial charge in [0.25, 0.3) is 0 Å². The molecule has 9 heteroatoms. The second kappa shape index (κ2) is 9.70. The Balaban J connectivity index is 1.91. The topological polar surface area (TPSA) is 64.6 Å². The molecule has 0 aliphatic heterocycles. The van der Waals surface area contributed by atoms with Crippen molar-refractivity contribution in [3.05, 3.63) is 54.1 Å². The van der Waals surface area contributed by atoms with E-state index in [-0.39, 0.29) is 28.9 Å². The summed E-state index contributed by atoms with van der Waals surface area (Å²) in [6.07, 6.45) is -3.89. The van der Waals surface area contributed by atoms with Gasteiger partial charge in [-0.2, -0.15) is 0 Å². The molecule has 0 unspecified atom stereocenters. The SMILES string of the molecule is CC(C)(C)CC(C)(C)c1ccc(OCCNS(=O)(=O)c2cccc(OC(F)(F)F)c2)cc1. The van der Waals surface area contributed by atoms with Crippen LogP contribution in [-0.4, -0.2) is 27.9 Å². The monoisotopic (exact) mass is 473 g/mol. The van der Waals surface area contributed by atoms with Crippen molar-refractivity contribution in [1.29, 1.82) is 0 Å². The van der Waals surface area contributed by atoms with E-state index in [9.17, 15) is 21.6 Å². The summed E-state index contributed by atoms with van der Waals surface area (Å²) in [4.78, 5) is -0.329. The first-order valence-electron chi connectivity index (χ1n) is 10.2. The Bertz CT molecular complexity index is 995. The largest absolute Gasteiger partial charge is 0.573 e. The Morgan fingerprint density at radius 2 is 1.53 bits per heavy atom. The van der Waals surface area contributed by atoms with Gasteiger partial charge in [-0.15, -0.1) is 13.2 Å². The van der Waals surface area contributed by atoms with E-state index in [4.69, 9.17) is 4.74 Å². The average Bonchev–Trinajstić information content (AvgIpc) is 2.62. The summed E-state index contributed by atoms with van der Waals surface area (Å²) in [6.45, 7) is 11.0. The molecule has 0 radical (unpaired) electrons. The summed E-state index contributed by atoms with van der Waals surface area (Å²) < 4.78 is 73.3. The van der Waals surface area contributed by atoms with Gasteiger partial charge < -0.3 is 9.47 Å². The summed E-state index contributed by atoms with van der Waals surface area (Å²) >= 11 is 0. The molecule has 0 fully saturated rings. The molecule has 0 aliphatic rings. The van der Waals surface area contributed by atoms with Gasteiger partial charge in [0.1, 0.15) is 18.1 Å². The first-order valence-corrected chi connectivity index (χ1v) is 11.6. The van der Waals surface area contributed by atoms with Crippen LogP contribution in [0.25, 0.3) is 0 Å². The van der Waals surface area contributed by atoms with Crippen LogP contribution < -0.4 is 14.2 Å². The maximum Gasteiger partial charge on any atom is 0.573 e. The highest BCUT2D eigenvalue weighted by molar-refractivity contribution is 7.89. The molecule has 0 amide bonds. The minimum Gasteiger partial charge on any atom is -0.492 e. The Morgan fingerprint density at radius 1 is 0.906 bits per heavy atom. The fraction of sp³-hybridized carbons (Fsp3) is 0.478. The highest BCUT2D eigenvalue weighted by Crippen LogP contribution is 2.36. The molecular weight excluding hydrogens is 443 g/mol. The molecular formula is C23H30F3NO4S. The lowest BCUT2D eigenvalue weighted by atomic mass is 9.72. The van der Waals surface area contributed by atoms with Crippen LogP contribution in [0.5, 0.6) is 11.5 Å². The van der Waals surface area contributed by atoms with E-state index in [0.717, 1.165) is 18.6 Å². The van der Waals surface area contributed by atoms with Gasteiger partial charge in [-0.05, 0) is 47.1 Å². The molecule has 2 aromatic carbocycles. The fourth-order valence-electron chi connectivity index (χ4n) is 3.70. The third-order valence-corrected chi connectivity index (χ3v) is 6.08. The van der Waals surface area contributed by atoms with Gasteiger partial charge >= 0.3 is 6.36 Å². The van der Waals surface area contributed by atoms with E-state index in [1.54, 1.807) is 0 Å². The number of hydrogen-bond acceptors (Lipinski definition) is 4. The predicted molar refractivity (Wildman–Crippen MR) is 117 cm³/mol. The van der Waals surface area contributed by atoms with Gasteiger partial charge in [0.15, 0.2) is 0 Å². The summed E-state index contributed by atoms with van der Waals surface area (Å²) in [5, 5.41) is 0. The van der Waals surface area contributed by atoms with E-state index in [0.29, 0.717) is 5.75 Å². The fourth-order valence-corrected chi connectivity index (χ4v) is 4.74. The molecule has 2 rings (SSSR count). The highest BCUT2D eigenvalue weighted by atomic mass is 32.2. The number of rotatable bonds is 9. The molecule has 0 aliphatic carbocycles. The number of nitrogens with one attached hydrogen (secondary N) is 1. The molecule has 0 heterocycles. The van der Waals surface area contributed by atoms with Gasteiger partial charge in [0, 0.05) is 12.6 Å². The molecule has 0 atom stereocenters. The Hall–Kier alpha value is -2.26. The Labute approximate surface area is 188 Å². The van der Waals surface area contributed by atoms with Gasteiger partial charge in [-0.1, -0.05) is 52.8 Å². The molecule has 32 heavy (non-hydrogen) atoms. The van der Waals surface area contributed by atoms with Gasteiger partial charge in [-0.3, -0.25) is 0 Å². The number of alkyl halides is 3. The quantitative estimate of drug-likeness (QED) is 0.478. The van der Waals surface area contributed by atoms with Crippen LogP contribution in [-0.2, 0) is 15.4 Å². The normalized spacial score (nSPS) is 13.1. The summed E-state index contributed by atoms with van der Waals surface area (Å²) in [6, 6.07) is 11.9. The van der Waals surface area contributed by atoms with Crippen molar-refractivity contribution in [1.82, 2.24) is 4.72 Å². The third kappa shape index (κ3) is 8.35. The lowest BCUT2D eigenvalue weighted by molar-refractivity contribution is -0.274. The molecule has 0 aromatic heterocycles. The predicted octanol–water partition coefficient (Wildman–Crippen LogP) is 5.66. The van der Waals surface area contributed by atoms with Crippen molar-refractivity contribution in [2.24, 2.45) is 5.41 Å². The zero-order valence-electron chi connectivity index (χ0n) is 18.9. The molecule has 0 bridgehead atoms. The minimum absolute atomic E-state index is 0.00319. The van der Waals surface area contributed by atoms with E-state index in [1.165, 1.54) is 17.7 Å². The van der Waals surface area contributed by atoms with E-state index >= 15 is 0 Å². The molecule has 1 N–H and O–H groups in total. The van der Waals surface area contributed by atoms with Crippen LogP contribution in [0.1, 0.15) is 46.6 Å². The highest BCUT2D eigenvalue weighted by Gasteiger charge is 2.31. The molecule has 0 spiro atoms. The van der Waals surface area contributed by atoms with Crippen LogP contribution in [0.3, 0.4) is 0 Å². The number of hydrogen-bond donors (Lipinski definition) is 1. The lowest BCUT2D eigenvalue weighted by Gasteiger charge is -2.33. The first kappa shape index (κ1) is 26.0. The van der Waals surface area contributed by atoms with Gasteiger partial charge in [-0.25, -0.2) is 13.1 Å². The molecule has 0 saturated heterocycles. The first-order chi connectivity index (χ1) is 14.6. The van der Waals surface area contributed by atoms with Crippen molar-refractivity contribution < 1.29 is 31.1 Å². The van der Waals surface area contributed by atoms with E-state index in [2.05, 4.69) is 44.1 Å². The molecule has 178 valence electrons. The molecule has 5 nitrogen and oxygen atoms in total. The van der Waals surface area contributed by atoms with Crippen molar-refractivity contribution in [2.45, 2.75) is 57.7 Å². The van der Waals surface area contributed by atoms with Crippen molar-refractivity contribution in [3.63, 3.8) is 0 Å². The number of sulfonamides is 1. The van der Waals surface area contributed by atoms with Crippen LogP contribution in [0.2, 0.25) is 0 Å². The number of ether oxygens (including phenoxy) is 2. The standard InChI is InChI=1S/C23H30F3NO4S/c1-21(2,3)16-22(4,5)17-9-11-18(12-10-17)30-14-13-27-32(28,29)20-8-6-7-19(15-20)31-23(24,25)26/h6-12,15,27H,13-14,16H2,1-5H3. The second-order valence-corrected chi connectivity index (χ2v) is 11.2. The van der Waals surface area contributed by atoms with Crippen LogP contribution in [0.4, 0.5) is 13.2 Å². The van der Waals surface area contributed by atoms with Crippen LogP contribution in [0, 0.1) is 5.41 Å². The second-order valence-electron chi connectivity index (χ2n) is 9.41. The Kier molecular flexibility index (Phi) is 7.88. The van der Waals surface area contributed by atoms with Gasteiger partial charge in [0.2, 0.25) is 10.0 Å². The summed E-state index contributed by atoms with van der Waals surface area (Å²) in [5.74, 6) is -0.00817. The van der Waals surface area contributed by atoms with E-state index in [1.807, 2.05) is 24.3 Å². The van der Waals surface area contributed by atoms with Crippen LogP contribution >= 0.6 is 0 Å². The summed E-state index contributed by atoms with van der Waals surface area (Å²) in [5.41, 5.74) is 1.37. The maximum absolute atomic E-state index is 12.3. The van der Waals surface area contributed by atoms with Crippen molar-refractivity contribution in [3.8, 4) is 11.5 Å². The zero-order valence-corrected chi connectivity index (χ0v) is 19.7. The summed E-state index contributed by atoms with van der Waals surface area (Å²) in [7, 11) is -4.01.